The molecule has 114 valence electrons. The van der Waals surface area contributed by atoms with Crippen molar-refractivity contribution >= 4 is 29.7 Å². The molecule has 1 aliphatic rings. The van der Waals surface area contributed by atoms with E-state index in [0.717, 1.165) is 30.2 Å². The molecule has 21 heavy (non-hydrogen) atoms. The minimum atomic E-state index is 0. The predicted molar refractivity (Wildman–Crippen MR) is 84.9 cm³/mol. The number of carbonyl (C=O) groups is 1. The Hall–Kier alpha value is -1.44. The molecule has 8 heteroatoms. The minimum absolute atomic E-state index is 0. The summed E-state index contributed by atoms with van der Waals surface area (Å²) in [5.74, 6) is 0.0189. The number of nitrogens with zero attached hydrogens (tertiary/aromatic N) is 4. The third-order valence-corrected chi connectivity index (χ3v) is 4.33. The summed E-state index contributed by atoms with van der Waals surface area (Å²) < 4.78 is 1.73. The first-order chi connectivity index (χ1) is 9.65. The second kappa shape index (κ2) is 6.55. The lowest BCUT2D eigenvalue weighted by Crippen LogP contribution is -2.52. The third-order valence-electron chi connectivity index (χ3n) is 3.44. The second-order valence-corrected chi connectivity index (χ2v) is 5.85. The van der Waals surface area contributed by atoms with E-state index in [4.69, 9.17) is 0 Å². The van der Waals surface area contributed by atoms with Crippen LogP contribution in [0.25, 0.3) is 10.6 Å². The van der Waals surface area contributed by atoms with Crippen molar-refractivity contribution in [1.29, 1.82) is 0 Å². The molecule has 1 aliphatic heterocycles. The molecular formula is C13H18ClN5OS. The van der Waals surface area contributed by atoms with Crippen LogP contribution in [0.2, 0.25) is 0 Å². The number of nitrogens with one attached hydrogen (secondary N) is 1. The first-order valence-electron chi connectivity index (χ1n) is 6.61. The maximum Gasteiger partial charge on any atom is 0.273 e. The molecule has 1 saturated heterocycles. The summed E-state index contributed by atoms with van der Waals surface area (Å²) >= 11 is 1.48. The number of hydrogen-bond donors (Lipinski definition) is 1. The Morgan fingerprint density at radius 1 is 1.52 bits per heavy atom. The van der Waals surface area contributed by atoms with Crippen LogP contribution in [0.3, 0.4) is 0 Å². The van der Waals surface area contributed by atoms with Gasteiger partial charge in [-0.05, 0) is 6.92 Å². The quantitative estimate of drug-likeness (QED) is 0.905. The third kappa shape index (κ3) is 3.25. The number of carbonyl (C=O) groups excluding carboxylic acids is 1. The van der Waals surface area contributed by atoms with Crippen LogP contribution in [0.4, 0.5) is 0 Å². The van der Waals surface area contributed by atoms with Crippen LogP contribution in [0.5, 0.6) is 0 Å². The van der Waals surface area contributed by atoms with Gasteiger partial charge in [-0.3, -0.25) is 9.48 Å². The van der Waals surface area contributed by atoms with Crippen LogP contribution in [0, 0.1) is 0 Å². The number of rotatable bonds is 2. The Kier molecular flexibility index (Phi) is 4.97. The van der Waals surface area contributed by atoms with Crippen LogP contribution in [-0.2, 0) is 7.05 Å². The summed E-state index contributed by atoms with van der Waals surface area (Å²) in [5.41, 5.74) is 1.48. The molecule has 0 saturated carbocycles. The predicted octanol–water partition coefficient (Wildman–Crippen LogP) is 1.40. The minimum Gasteiger partial charge on any atom is -0.332 e. The molecule has 0 aliphatic carbocycles. The lowest BCUT2D eigenvalue weighted by atomic mass is 10.2. The topological polar surface area (TPSA) is 63.1 Å². The van der Waals surface area contributed by atoms with E-state index in [1.807, 2.05) is 23.5 Å². The number of halogens is 1. The van der Waals surface area contributed by atoms with E-state index in [1.54, 1.807) is 10.9 Å². The number of thiazole rings is 1. The average molecular weight is 328 g/mol. The van der Waals surface area contributed by atoms with Gasteiger partial charge >= 0.3 is 0 Å². The van der Waals surface area contributed by atoms with Gasteiger partial charge in [0.1, 0.15) is 10.7 Å². The molecule has 0 spiro atoms. The van der Waals surface area contributed by atoms with Gasteiger partial charge in [0.2, 0.25) is 0 Å². The number of aryl methyl sites for hydroxylation is 1. The maximum atomic E-state index is 12.5. The first kappa shape index (κ1) is 15.9. The fourth-order valence-electron chi connectivity index (χ4n) is 2.33. The second-order valence-electron chi connectivity index (χ2n) is 4.99. The highest BCUT2D eigenvalue weighted by Crippen LogP contribution is 2.24. The highest BCUT2D eigenvalue weighted by Gasteiger charge is 2.25. The number of amides is 1. The summed E-state index contributed by atoms with van der Waals surface area (Å²) in [5, 5.41) is 10.1. The lowest BCUT2D eigenvalue weighted by Gasteiger charge is -2.33. The van der Waals surface area contributed by atoms with Gasteiger partial charge in [0, 0.05) is 49.9 Å². The van der Waals surface area contributed by atoms with Crippen molar-refractivity contribution in [3.05, 3.63) is 23.5 Å². The van der Waals surface area contributed by atoms with Crippen LogP contribution in [-0.4, -0.2) is 51.2 Å². The Labute approximate surface area is 133 Å². The van der Waals surface area contributed by atoms with Gasteiger partial charge in [-0.25, -0.2) is 4.98 Å². The maximum absolute atomic E-state index is 12.5. The molecule has 0 unspecified atom stereocenters. The van der Waals surface area contributed by atoms with Gasteiger partial charge in [0.05, 0.1) is 6.20 Å². The van der Waals surface area contributed by atoms with E-state index in [-0.39, 0.29) is 24.4 Å². The smallest absolute Gasteiger partial charge is 0.273 e. The van der Waals surface area contributed by atoms with E-state index in [9.17, 15) is 4.79 Å². The number of piperazine rings is 1. The Morgan fingerprint density at radius 3 is 3.00 bits per heavy atom. The zero-order valence-electron chi connectivity index (χ0n) is 11.9. The van der Waals surface area contributed by atoms with Gasteiger partial charge in [-0.2, -0.15) is 5.10 Å². The van der Waals surface area contributed by atoms with E-state index >= 15 is 0 Å². The van der Waals surface area contributed by atoms with Crippen molar-refractivity contribution in [1.82, 2.24) is 25.0 Å². The summed E-state index contributed by atoms with van der Waals surface area (Å²) in [4.78, 5) is 18.8. The van der Waals surface area contributed by atoms with Gasteiger partial charge in [-0.1, -0.05) is 0 Å². The molecule has 1 amide bonds. The van der Waals surface area contributed by atoms with E-state index in [0.29, 0.717) is 5.69 Å². The molecule has 1 N–H and O–H groups in total. The van der Waals surface area contributed by atoms with Crippen molar-refractivity contribution in [3.63, 3.8) is 0 Å². The Bertz CT molecular complexity index is 626. The first-order valence-corrected chi connectivity index (χ1v) is 7.49. The van der Waals surface area contributed by atoms with Gasteiger partial charge in [0.25, 0.3) is 5.91 Å². The van der Waals surface area contributed by atoms with Crippen LogP contribution >= 0.6 is 23.7 Å². The van der Waals surface area contributed by atoms with Crippen molar-refractivity contribution in [2.45, 2.75) is 13.0 Å². The number of aromatic nitrogens is 3. The van der Waals surface area contributed by atoms with Gasteiger partial charge in [0.15, 0.2) is 0 Å². The van der Waals surface area contributed by atoms with Crippen LogP contribution in [0.15, 0.2) is 17.8 Å². The Morgan fingerprint density at radius 2 is 2.33 bits per heavy atom. The zero-order valence-corrected chi connectivity index (χ0v) is 13.6. The molecule has 0 bridgehead atoms. The molecule has 0 radical (unpaired) electrons. The Balaban J connectivity index is 0.00000161. The van der Waals surface area contributed by atoms with E-state index in [2.05, 4.69) is 22.3 Å². The standard InChI is InChI=1S/C13H17N5OS.ClH/c1-9-5-14-3-4-18(9)13(19)11-8-20-12(16-11)10-6-15-17(2)7-10;/h6-9,14H,3-5H2,1-2H3;1H/t9-;/m1./s1. The van der Waals surface area contributed by atoms with E-state index < -0.39 is 0 Å². The normalized spacial score (nSPS) is 18.4. The summed E-state index contributed by atoms with van der Waals surface area (Å²) in [6.07, 6.45) is 3.67. The molecule has 6 nitrogen and oxygen atoms in total. The van der Waals surface area contributed by atoms with Gasteiger partial charge < -0.3 is 10.2 Å². The van der Waals surface area contributed by atoms with E-state index in [1.165, 1.54) is 11.3 Å². The lowest BCUT2D eigenvalue weighted by molar-refractivity contribution is 0.0650. The highest BCUT2D eigenvalue weighted by atomic mass is 35.5. The molecule has 2 aromatic rings. The zero-order chi connectivity index (χ0) is 14.1. The number of hydrogen-bond acceptors (Lipinski definition) is 5. The summed E-state index contributed by atoms with van der Waals surface area (Å²) in [6.45, 7) is 4.47. The van der Waals surface area contributed by atoms with Crippen LogP contribution in [0.1, 0.15) is 17.4 Å². The molecular weight excluding hydrogens is 310 g/mol. The molecule has 0 aromatic carbocycles. The molecule has 1 atom stereocenters. The van der Waals surface area contributed by atoms with Crippen molar-refractivity contribution in [2.75, 3.05) is 19.6 Å². The van der Waals surface area contributed by atoms with Crippen molar-refractivity contribution in [2.24, 2.45) is 7.05 Å². The monoisotopic (exact) mass is 327 g/mol. The molecule has 2 aromatic heterocycles. The SMILES string of the molecule is C[C@@H]1CNCCN1C(=O)c1csc(-c2cnn(C)c2)n1.Cl. The highest BCUT2D eigenvalue weighted by molar-refractivity contribution is 7.13. The molecule has 1 fully saturated rings. The van der Waals surface area contributed by atoms with Crippen molar-refractivity contribution in [3.8, 4) is 10.6 Å². The molecule has 3 heterocycles. The van der Waals surface area contributed by atoms with Crippen LogP contribution < -0.4 is 5.32 Å². The largest absolute Gasteiger partial charge is 0.332 e. The fourth-order valence-corrected chi connectivity index (χ4v) is 3.10. The fraction of sp³-hybridized carbons (Fsp3) is 0.462. The summed E-state index contributed by atoms with van der Waals surface area (Å²) in [7, 11) is 1.87. The molecule has 3 rings (SSSR count). The van der Waals surface area contributed by atoms with Gasteiger partial charge in [-0.15, -0.1) is 23.7 Å². The average Bonchev–Trinajstić information content (AvgIpc) is 3.07. The van der Waals surface area contributed by atoms with Crippen molar-refractivity contribution < 1.29 is 4.79 Å². The summed E-state index contributed by atoms with van der Waals surface area (Å²) in [6, 6.07) is 0.208.